The normalized spacial score (nSPS) is 10.7. The summed E-state index contributed by atoms with van der Waals surface area (Å²) in [6.07, 6.45) is 0.530. The first kappa shape index (κ1) is 11.3. The standard InChI is InChI=1S/C12H14N2O/c1-12(2,8-13)7-9-5-3-4-6-10(9)11(14)15/h3-6H,7H2,1-2H3,(H2,14,15). The number of nitrogens with two attached hydrogens (primary N) is 1. The van der Waals surface area contributed by atoms with E-state index in [9.17, 15) is 4.79 Å². The summed E-state index contributed by atoms with van der Waals surface area (Å²) in [5.41, 5.74) is 6.10. The summed E-state index contributed by atoms with van der Waals surface area (Å²) < 4.78 is 0. The number of amides is 1. The van der Waals surface area contributed by atoms with Crippen LogP contribution in [0, 0.1) is 16.7 Å². The van der Waals surface area contributed by atoms with Crippen LogP contribution in [0.5, 0.6) is 0 Å². The van der Waals surface area contributed by atoms with Gasteiger partial charge >= 0.3 is 0 Å². The number of carbonyl (C=O) groups is 1. The Kier molecular flexibility index (Phi) is 3.11. The maximum atomic E-state index is 11.1. The third kappa shape index (κ3) is 2.81. The van der Waals surface area contributed by atoms with Gasteiger partial charge in [-0.25, -0.2) is 0 Å². The zero-order chi connectivity index (χ0) is 11.5. The van der Waals surface area contributed by atoms with Gasteiger partial charge in [0.15, 0.2) is 0 Å². The molecule has 1 aromatic rings. The van der Waals surface area contributed by atoms with E-state index in [0.29, 0.717) is 12.0 Å². The molecule has 0 aliphatic rings. The minimum Gasteiger partial charge on any atom is -0.366 e. The molecule has 1 amide bonds. The minimum absolute atomic E-state index is 0.445. The quantitative estimate of drug-likeness (QED) is 0.813. The van der Waals surface area contributed by atoms with Gasteiger partial charge in [0, 0.05) is 5.56 Å². The lowest BCUT2D eigenvalue weighted by molar-refractivity contribution is 0.0999. The van der Waals surface area contributed by atoms with Crippen LogP contribution < -0.4 is 5.73 Å². The van der Waals surface area contributed by atoms with Crippen molar-refractivity contribution in [3.05, 3.63) is 35.4 Å². The molecule has 15 heavy (non-hydrogen) atoms. The van der Waals surface area contributed by atoms with Gasteiger partial charge in [-0.05, 0) is 31.9 Å². The number of hydrogen-bond acceptors (Lipinski definition) is 2. The molecule has 2 N–H and O–H groups in total. The van der Waals surface area contributed by atoms with Crippen LogP contribution in [0.15, 0.2) is 24.3 Å². The Morgan fingerprint density at radius 3 is 2.60 bits per heavy atom. The van der Waals surface area contributed by atoms with Crippen molar-refractivity contribution in [3.63, 3.8) is 0 Å². The Hall–Kier alpha value is -1.82. The van der Waals surface area contributed by atoms with Crippen molar-refractivity contribution in [2.45, 2.75) is 20.3 Å². The Morgan fingerprint density at radius 1 is 1.47 bits per heavy atom. The lowest BCUT2D eigenvalue weighted by atomic mass is 9.85. The molecule has 0 unspecified atom stereocenters. The largest absolute Gasteiger partial charge is 0.366 e. The fourth-order valence-electron chi connectivity index (χ4n) is 1.43. The third-order valence-corrected chi connectivity index (χ3v) is 2.22. The highest BCUT2D eigenvalue weighted by atomic mass is 16.1. The molecule has 0 spiro atoms. The van der Waals surface area contributed by atoms with Crippen LogP contribution in [0.25, 0.3) is 0 Å². The molecule has 3 heteroatoms. The van der Waals surface area contributed by atoms with Crippen LogP contribution in [0.2, 0.25) is 0 Å². The lowest BCUT2D eigenvalue weighted by Crippen LogP contribution is -2.18. The predicted octanol–water partition coefficient (Wildman–Crippen LogP) is 1.88. The lowest BCUT2D eigenvalue weighted by Gasteiger charge is -2.16. The Morgan fingerprint density at radius 2 is 2.07 bits per heavy atom. The first-order chi connectivity index (χ1) is 6.96. The highest BCUT2D eigenvalue weighted by Gasteiger charge is 2.20. The number of hydrogen-bond donors (Lipinski definition) is 1. The van der Waals surface area contributed by atoms with Crippen LogP contribution in [0.4, 0.5) is 0 Å². The summed E-state index contributed by atoms with van der Waals surface area (Å²) in [4.78, 5) is 11.1. The highest BCUT2D eigenvalue weighted by Crippen LogP contribution is 2.22. The van der Waals surface area contributed by atoms with Gasteiger partial charge in [-0.3, -0.25) is 4.79 Å². The van der Waals surface area contributed by atoms with Crippen molar-refractivity contribution in [2.75, 3.05) is 0 Å². The monoisotopic (exact) mass is 202 g/mol. The zero-order valence-electron chi connectivity index (χ0n) is 8.95. The molecule has 0 heterocycles. The van der Waals surface area contributed by atoms with Gasteiger partial charge in [-0.15, -0.1) is 0 Å². The average molecular weight is 202 g/mol. The van der Waals surface area contributed by atoms with E-state index in [1.165, 1.54) is 0 Å². The minimum atomic E-state index is -0.481. The number of nitriles is 1. The van der Waals surface area contributed by atoms with Crippen molar-refractivity contribution in [1.29, 1.82) is 5.26 Å². The number of carbonyl (C=O) groups excluding carboxylic acids is 1. The Bertz CT molecular complexity index is 416. The van der Waals surface area contributed by atoms with Gasteiger partial charge < -0.3 is 5.73 Å². The van der Waals surface area contributed by atoms with E-state index in [4.69, 9.17) is 11.0 Å². The predicted molar refractivity (Wildman–Crippen MR) is 58.1 cm³/mol. The summed E-state index contributed by atoms with van der Waals surface area (Å²) in [6, 6.07) is 9.33. The van der Waals surface area contributed by atoms with Crippen molar-refractivity contribution in [1.82, 2.24) is 0 Å². The van der Waals surface area contributed by atoms with Gasteiger partial charge in [-0.1, -0.05) is 18.2 Å². The summed E-state index contributed by atoms with van der Waals surface area (Å²) in [6.45, 7) is 3.68. The molecule has 0 aromatic heterocycles. The van der Waals surface area contributed by atoms with E-state index < -0.39 is 11.3 Å². The van der Waals surface area contributed by atoms with Gasteiger partial charge in [0.05, 0.1) is 11.5 Å². The molecule has 0 saturated heterocycles. The molecule has 1 aromatic carbocycles. The highest BCUT2D eigenvalue weighted by molar-refractivity contribution is 5.94. The number of nitrogens with zero attached hydrogens (tertiary/aromatic N) is 1. The summed E-state index contributed by atoms with van der Waals surface area (Å²) >= 11 is 0. The van der Waals surface area contributed by atoms with Crippen LogP contribution in [0.1, 0.15) is 29.8 Å². The average Bonchev–Trinajstić information content (AvgIpc) is 2.18. The van der Waals surface area contributed by atoms with Crippen LogP contribution in [0.3, 0.4) is 0 Å². The smallest absolute Gasteiger partial charge is 0.248 e. The number of rotatable bonds is 3. The van der Waals surface area contributed by atoms with E-state index >= 15 is 0 Å². The fourth-order valence-corrected chi connectivity index (χ4v) is 1.43. The molecular formula is C12H14N2O. The SMILES string of the molecule is CC(C)(C#N)Cc1ccccc1C(N)=O. The van der Waals surface area contributed by atoms with Gasteiger partial charge in [0.25, 0.3) is 0 Å². The van der Waals surface area contributed by atoms with E-state index in [2.05, 4.69) is 6.07 Å². The second-order valence-corrected chi connectivity index (χ2v) is 4.19. The maximum absolute atomic E-state index is 11.1. The summed E-state index contributed by atoms with van der Waals surface area (Å²) in [7, 11) is 0. The molecule has 78 valence electrons. The van der Waals surface area contributed by atoms with Gasteiger partial charge in [0.1, 0.15) is 0 Å². The Balaban J connectivity index is 3.06. The van der Waals surface area contributed by atoms with E-state index in [-0.39, 0.29) is 0 Å². The number of benzene rings is 1. The Labute approximate surface area is 89.5 Å². The second-order valence-electron chi connectivity index (χ2n) is 4.19. The zero-order valence-corrected chi connectivity index (χ0v) is 8.95. The van der Waals surface area contributed by atoms with Crippen LogP contribution in [-0.4, -0.2) is 5.91 Å². The van der Waals surface area contributed by atoms with Gasteiger partial charge in [0.2, 0.25) is 5.91 Å². The van der Waals surface area contributed by atoms with Crippen LogP contribution >= 0.6 is 0 Å². The molecule has 0 aliphatic heterocycles. The molecule has 0 aliphatic carbocycles. The fraction of sp³-hybridized carbons (Fsp3) is 0.333. The molecule has 0 fully saturated rings. The maximum Gasteiger partial charge on any atom is 0.248 e. The molecular weight excluding hydrogens is 188 g/mol. The molecule has 0 saturated carbocycles. The van der Waals surface area contributed by atoms with Crippen molar-refractivity contribution in [2.24, 2.45) is 11.1 Å². The van der Waals surface area contributed by atoms with E-state index in [1.807, 2.05) is 26.0 Å². The summed E-state index contributed by atoms with van der Waals surface area (Å²) in [5, 5.41) is 8.92. The number of primary amides is 1. The van der Waals surface area contributed by atoms with Crippen molar-refractivity contribution in [3.8, 4) is 6.07 Å². The third-order valence-electron chi connectivity index (χ3n) is 2.22. The van der Waals surface area contributed by atoms with Gasteiger partial charge in [-0.2, -0.15) is 5.26 Å². The first-order valence-electron chi connectivity index (χ1n) is 4.75. The topological polar surface area (TPSA) is 66.9 Å². The summed E-state index contributed by atoms with van der Waals surface area (Å²) in [5.74, 6) is -0.445. The van der Waals surface area contributed by atoms with E-state index in [0.717, 1.165) is 5.56 Å². The molecule has 3 nitrogen and oxygen atoms in total. The van der Waals surface area contributed by atoms with Crippen LogP contribution in [-0.2, 0) is 6.42 Å². The van der Waals surface area contributed by atoms with Crippen molar-refractivity contribution < 1.29 is 4.79 Å². The first-order valence-corrected chi connectivity index (χ1v) is 4.75. The molecule has 1 rings (SSSR count). The van der Waals surface area contributed by atoms with E-state index in [1.54, 1.807) is 12.1 Å². The second kappa shape index (κ2) is 4.14. The van der Waals surface area contributed by atoms with Crippen molar-refractivity contribution >= 4 is 5.91 Å². The molecule has 0 bridgehead atoms. The molecule has 0 radical (unpaired) electrons. The molecule has 0 atom stereocenters.